The standard InChI is InChI=1S/C16H14N2O4/c1-21-15(19)12-7-9-13(10-8-12)16(20)22-18-14(17)11-5-3-2-4-6-11/h2-10H,1H3,(H2,17,18). The maximum atomic E-state index is 11.8. The Balaban J connectivity index is 2.05. The Morgan fingerprint density at radius 2 is 1.41 bits per heavy atom. The number of carbonyl (C=O) groups is 2. The molecule has 0 unspecified atom stereocenters. The van der Waals surface area contributed by atoms with Crippen LogP contribution in [0.25, 0.3) is 0 Å². The number of nitrogens with zero attached hydrogens (tertiary/aromatic N) is 1. The van der Waals surface area contributed by atoms with E-state index in [4.69, 9.17) is 10.6 Å². The van der Waals surface area contributed by atoms with Gasteiger partial charge in [-0.1, -0.05) is 35.5 Å². The topological polar surface area (TPSA) is 91.0 Å². The number of hydrogen-bond acceptors (Lipinski definition) is 5. The first-order valence-electron chi connectivity index (χ1n) is 6.40. The second-order valence-electron chi connectivity index (χ2n) is 4.29. The zero-order chi connectivity index (χ0) is 15.9. The Morgan fingerprint density at radius 1 is 0.864 bits per heavy atom. The van der Waals surface area contributed by atoms with E-state index < -0.39 is 11.9 Å². The highest BCUT2D eigenvalue weighted by Gasteiger charge is 2.10. The van der Waals surface area contributed by atoms with Gasteiger partial charge >= 0.3 is 11.9 Å². The van der Waals surface area contributed by atoms with E-state index in [0.717, 1.165) is 0 Å². The molecule has 112 valence electrons. The number of rotatable bonds is 4. The highest BCUT2D eigenvalue weighted by Crippen LogP contribution is 2.08. The largest absolute Gasteiger partial charge is 0.465 e. The zero-order valence-electron chi connectivity index (χ0n) is 11.9. The predicted octanol–water partition coefficient (Wildman–Crippen LogP) is 1.95. The number of methoxy groups -OCH3 is 1. The Labute approximate surface area is 127 Å². The number of nitrogens with two attached hydrogens (primary N) is 1. The van der Waals surface area contributed by atoms with Gasteiger partial charge in [-0.3, -0.25) is 0 Å². The molecule has 2 N–H and O–H groups in total. The summed E-state index contributed by atoms with van der Waals surface area (Å²) in [6, 6.07) is 14.8. The highest BCUT2D eigenvalue weighted by atomic mass is 16.7. The van der Waals surface area contributed by atoms with Crippen LogP contribution in [0, 0.1) is 0 Å². The van der Waals surface area contributed by atoms with Crippen molar-refractivity contribution in [1.29, 1.82) is 0 Å². The van der Waals surface area contributed by atoms with Gasteiger partial charge in [0.25, 0.3) is 0 Å². The normalized spacial score (nSPS) is 10.9. The molecule has 2 rings (SSSR count). The van der Waals surface area contributed by atoms with Gasteiger partial charge in [-0.15, -0.1) is 0 Å². The van der Waals surface area contributed by atoms with Crippen LogP contribution in [-0.4, -0.2) is 24.9 Å². The summed E-state index contributed by atoms with van der Waals surface area (Å²) >= 11 is 0. The summed E-state index contributed by atoms with van der Waals surface area (Å²) in [6.07, 6.45) is 0. The van der Waals surface area contributed by atoms with E-state index in [2.05, 4.69) is 9.89 Å². The van der Waals surface area contributed by atoms with Crippen LogP contribution in [0.1, 0.15) is 26.3 Å². The Kier molecular flexibility index (Phi) is 4.87. The van der Waals surface area contributed by atoms with Crippen LogP contribution in [0.4, 0.5) is 0 Å². The molecule has 0 radical (unpaired) electrons. The van der Waals surface area contributed by atoms with E-state index in [1.807, 2.05) is 6.07 Å². The Morgan fingerprint density at radius 3 is 1.95 bits per heavy atom. The number of amidine groups is 1. The smallest absolute Gasteiger partial charge is 0.365 e. The number of oxime groups is 1. The van der Waals surface area contributed by atoms with E-state index in [0.29, 0.717) is 11.1 Å². The molecule has 0 aliphatic carbocycles. The van der Waals surface area contributed by atoms with Crippen molar-refractivity contribution in [3.63, 3.8) is 0 Å². The summed E-state index contributed by atoms with van der Waals surface area (Å²) in [5.41, 5.74) is 6.95. The summed E-state index contributed by atoms with van der Waals surface area (Å²) in [5.74, 6) is -1.05. The van der Waals surface area contributed by atoms with Gasteiger partial charge in [0, 0.05) is 5.56 Å². The third-order valence-corrected chi connectivity index (χ3v) is 2.84. The predicted molar refractivity (Wildman–Crippen MR) is 80.4 cm³/mol. The zero-order valence-corrected chi connectivity index (χ0v) is 11.9. The molecule has 0 aliphatic rings. The summed E-state index contributed by atoms with van der Waals surface area (Å²) in [7, 11) is 1.28. The second kappa shape index (κ2) is 7.03. The summed E-state index contributed by atoms with van der Waals surface area (Å²) in [6.45, 7) is 0. The second-order valence-corrected chi connectivity index (χ2v) is 4.29. The minimum atomic E-state index is -0.671. The van der Waals surface area contributed by atoms with E-state index in [-0.39, 0.29) is 11.4 Å². The number of esters is 1. The van der Waals surface area contributed by atoms with Crippen LogP contribution in [0.2, 0.25) is 0 Å². The molecule has 0 amide bonds. The molecule has 0 bridgehead atoms. The van der Waals surface area contributed by atoms with Gasteiger partial charge < -0.3 is 15.3 Å². The molecule has 22 heavy (non-hydrogen) atoms. The van der Waals surface area contributed by atoms with Gasteiger partial charge in [-0.25, -0.2) is 9.59 Å². The minimum Gasteiger partial charge on any atom is -0.465 e. The van der Waals surface area contributed by atoms with Crippen LogP contribution in [0.3, 0.4) is 0 Å². The third-order valence-electron chi connectivity index (χ3n) is 2.84. The quantitative estimate of drug-likeness (QED) is 0.306. The van der Waals surface area contributed by atoms with Crippen LogP contribution < -0.4 is 5.73 Å². The summed E-state index contributed by atoms with van der Waals surface area (Å²) in [4.78, 5) is 27.9. The molecular formula is C16H14N2O4. The van der Waals surface area contributed by atoms with Crippen molar-refractivity contribution in [1.82, 2.24) is 0 Å². The van der Waals surface area contributed by atoms with Crippen molar-refractivity contribution in [2.45, 2.75) is 0 Å². The number of benzene rings is 2. The number of ether oxygens (including phenoxy) is 1. The van der Waals surface area contributed by atoms with Crippen molar-refractivity contribution in [2.75, 3.05) is 7.11 Å². The van der Waals surface area contributed by atoms with E-state index in [1.54, 1.807) is 24.3 Å². The lowest BCUT2D eigenvalue weighted by Crippen LogP contribution is -2.15. The lowest BCUT2D eigenvalue weighted by Gasteiger charge is -2.02. The molecule has 0 heterocycles. The fraction of sp³-hybridized carbons (Fsp3) is 0.0625. The molecule has 6 heteroatoms. The molecule has 2 aromatic carbocycles. The van der Waals surface area contributed by atoms with Crippen LogP contribution in [-0.2, 0) is 9.57 Å². The van der Waals surface area contributed by atoms with Gasteiger partial charge in [-0.05, 0) is 24.3 Å². The van der Waals surface area contributed by atoms with Gasteiger partial charge in [-0.2, -0.15) is 0 Å². The molecule has 0 aromatic heterocycles. The van der Waals surface area contributed by atoms with E-state index in [9.17, 15) is 9.59 Å². The summed E-state index contributed by atoms with van der Waals surface area (Å²) < 4.78 is 4.57. The number of hydrogen-bond donors (Lipinski definition) is 1. The summed E-state index contributed by atoms with van der Waals surface area (Å²) in [5, 5.41) is 3.60. The van der Waals surface area contributed by atoms with Gasteiger partial charge in [0.15, 0.2) is 5.84 Å². The first-order valence-corrected chi connectivity index (χ1v) is 6.40. The minimum absolute atomic E-state index is 0.0973. The SMILES string of the molecule is COC(=O)c1ccc(C(=O)ON=C(N)c2ccccc2)cc1. The van der Waals surface area contributed by atoms with E-state index in [1.165, 1.54) is 31.4 Å². The molecule has 2 aromatic rings. The lowest BCUT2D eigenvalue weighted by atomic mass is 10.1. The average Bonchev–Trinajstić information content (AvgIpc) is 2.59. The first kappa shape index (κ1) is 15.2. The molecule has 0 saturated carbocycles. The monoisotopic (exact) mass is 298 g/mol. The molecule has 0 fully saturated rings. The molecule has 0 atom stereocenters. The molecular weight excluding hydrogens is 284 g/mol. The maximum Gasteiger partial charge on any atom is 0.365 e. The fourth-order valence-electron chi connectivity index (χ4n) is 1.67. The van der Waals surface area contributed by atoms with Gasteiger partial charge in [0.05, 0.1) is 18.2 Å². The fourth-order valence-corrected chi connectivity index (χ4v) is 1.67. The Bertz CT molecular complexity index is 694. The van der Waals surface area contributed by atoms with Crippen molar-refractivity contribution in [3.05, 3.63) is 71.3 Å². The van der Waals surface area contributed by atoms with Crippen molar-refractivity contribution in [2.24, 2.45) is 10.9 Å². The lowest BCUT2D eigenvalue weighted by molar-refractivity contribution is 0.0514. The third kappa shape index (κ3) is 3.69. The van der Waals surface area contributed by atoms with Crippen LogP contribution >= 0.6 is 0 Å². The van der Waals surface area contributed by atoms with Gasteiger partial charge in [0.1, 0.15) is 0 Å². The number of carbonyl (C=O) groups excluding carboxylic acids is 2. The molecule has 0 aliphatic heterocycles. The van der Waals surface area contributed by atoms with Gasteiger partial charge in [0.2, 0.25) is 0 Å². The average molecular weight is 298 g/mol. The highest BCUT2D eigenvalue weighted by molar-refractivity contribution is 5.98. The molecule has 0 saturated heterocycles. The van der Waals surface area contributed by atoms with Crippen LogP contribution in [0.15, 0.2) is 59.8 Å². The van der Waals surface area contributed by atoms with E-state index >= 15 is 0 Å². The Hall–Kier alpha value is -3.15. The maximum absolute atomic E-state index is 11.8. The van der Waals surface area contributed by atoms with Crippen LogP contribution in [0.5, 0.6) is 0 Å². The van der Waals surface area contributed by atoms with Crippen molar-refractivity contribution >= 4 is 17.8 Å². The molecule has 6 nitrogen and oxygen atoms in total. The molecule has 0 spiro atoms. The van der Waals surface area contributed by atoms with Crippen molar-refractivity contribution in [3.8, 4) is 0 Å². The van der Waals surface area contributed by atoms with Crippen molar-refractivity contribution < 1.29 is 19.2 Å². The first-order chi connectivity index (χ1) is 10.6.